The van der Waals surface area contributed by atoms with Gasteiger partial charge in [-0.1, -0.05) is 58.3 Å². The molecule has 0 atom stereocenters. The van der Waals surface area contributed by atoms with Crippen LogP contribution in [0.25, 0.3) is 0 Å². The maximum Gasteiger partial charge on any atom is 0.305 e. The predicted octanol–water partition coefficient (Wildman–Crippen LogP) is 2.85. The summed E-state index contributed by atoms with van der Waals surface area (Å²) in [5, 5.41) is 17.5. The van der Waals surface area contributed by atoms with Gasteiger partial charge in [0.1, 0.15) is 12.7 Å². The smallest absolute Gasteiger partial charge is 0.305 e. The predicted molar refractivity (Wildman–Crippen MR) is 108 cm³/mol. The van der Waals surface area contributed by atoms with E-state index in [1.165, 1.54) is 44.9 Å². The minimum absolute atomic E-state index is 0.0549. The molecule has 0 aromatic rings. The quantitative estimate of drug-likeness (QED) is 0.211. The molecule has 0 aliphatic rings. The van der Waals surface area contributed by atoms with E-state index in [1.54, 1.807) is 0 Å². The molecule has 0 unspecified atom stereocenters. The van der Waals surface area contributed by atoms with Gasteiger partial charge in [0.2, 0.25) is 0 Å². The molecule has 0 heterocycles. The molecule has 7 heteroatoms. The van der Waals surface area contributed by atoms with Gasteiger partial charge in [-0.05, 0) is 6.42 Å². The number of hydrogen-bond acceptors (Lipinski definition) is 7. The molecule has 0 radical (unpaired) electrons. The van der Waals surface area contributed by atoms with Gasteiger partial charge in [0.25, 0.3) is 0 Å². The third-order valence-electron chi connectivity index (χ3n) is 4.26. The van der Waals surface area contributed by atoms with Crippen molar-refractivity contribution in [3.8, 4) is 0 Å². The number of rotatable bonds is 22. The lowest BCUT2D eigenvalue weighted by atomic mass is 10.1. The molecule has 0 fully saturated rings. The Hall–Kier alpha value is -0.730. The average molecular weight is 407 g/mol. The normalized spacial score (nSPS) is 11.3. The van der Waals surface area contributed by atoms with Crippen LogP contribution in [0.4, 0.5) is 0 Å². The van der Waals surface area contributed by atoms with Gasteiger partial charge >= 0.3 is 5.97 Å². The number of carbonyl (C=O) groups is 1. The van der Waals surface area contributed by atoms with Crippen LogP contribution in [-0.2, 0) is 23.7 Å². The largest absolute Gasteiger partial charge is 0.463 e. The fourth-order valence-corrected chi connectivity index (χ4v) is 2.73. The first kappa shape index (κ1) is 27.3. The number of hydrogen-bond donors (Lipinski definition) is 2. The first-order valence-corrected chi connectivity index (χ1v) is 10.9. The number of aliphatic hydroxyl groups excluding tert-OH is 2. The standard InChI is InChI=1S/C21H42O7/c1-2-3-4-5-6-7-8-9-10-11-21(24)28-17-16-27-20(18-25-14-12-22)19-26-15-13-23/h20,22-23H,2-19H2,1H3. The van der Waals surface area contributed by atoms with E-state index in [1.807, 2.05) is 0 Å². The van der Waals surface area contributed by atoms with E-state index in [0.717, 1.165) is 12.8 Å². The van der Waals surface area contributed by atoms with Gasteiger partial charge in [-0.2, -0.15) is 0 Å². The molecule has 0 aliphatic carbocycles. The van der Waals surface area contributed by atoms with Crippen molar-refractivity contribution in [3.05, 3.63) is 0 Å². The number of unbranched alkanes of at least 4 members (excludes halogenated alkanes) is 8. The fourth-order valence-electron chi connectivity index (χ4n) is 2.73. The number of aliphatic hydroxyl groups is 2. The van der Waals surface area contributed by atoms with Crippen LogP contribution in [0.1, 0.15) is 71.1 Å². The van der Waals surface area contributed by atoms with Crippen LogP contribution in [0.15, 0.2) is 0 Å². The van der Waals surface area contributed by atoms with Crippen molar-refractivity contribution in [2.24, 2.45) is 0 Å². The summed E-state index contributed by atoms with van der Waals surface area (Å²) in [5.41, 5.74) is 0. The van der Waals surface area contributed by atoms with Gasteiger partial charge in [0.15, 0.2) is 0 Å². The number of ether oxygens (including phenoxy) is 4. The molecule has 168 valence electrons. The first-order chi connectivity index (χ1) is 13.7. The number of carbonyl (C=O) groups excluding carboxylic acids is 1. The van der Waals surface area contributed by atoms with E-state index in [-0.39, 0.29) is 64.9 Å². The highest BCUT2D eigenvalue weighted by atomic mass is 16.6. The molecule has 0 spiro atoms. The minimum Gasteiger partial charge on any atom is -0.463 e. The van der Waals surface area contributed by atoms with Crippen LogP contribution >= 0.6 is 0 Å². The molecule has 0 aromatic carbocycles. The van der Waals surface area contributed by atoms with Crippen LogP contribution in [0, 0.1) is 0 Å². The lowest BCUT2D eigenvalue weighted by Gasteiger charge is -2.18. The maximum absolute atomic E-state index is 11.7. The summed E-state index contributed by atoms with van der Waals surface area (Å²) < 4.78 is 21.3. The summed E-state index contributed by atoms with van der Waals surface area (Å²) in [6.45, 7) is 3.59. The highest BCUT2D eigenvalue weighted by Gasteiger charge is 2.11. The molecule has 0 rings (SSSR count). The van der Waals surface area contributed by atoms with Crippen molar-refractivity contribution in [3.63, 3.8) is 0 Å². The molecule has 2 N–H and O–H groups in total. The molecular formula is C21H42O7. The van der Waals surface area contributed by atoms with E-state index in [4.69, 9.17) is 29.2 Å². The molecule has 0 amide bonds. The summed E-state index contributed by atoms with van der Waals surface area (Å²) >= 11 is 0. The van der Waals surface area contributed by atoms with Crippen molar-refractivity contribution in [2.75, 3.05) is 52.9 Å². The summed E-state index contributed by atoms with van der Waals surface area (Å²) in [4.78, 5) is 11.7. The zero-order valence-corrected chi connectivity index (χ0v) is 17.7. The Balaban J connectivity index is 3.59. The van der Waals surface area contributed by atoms with Crippen molar-refractivity contribution in [2.45, 2.75) is 77.2 Å². The first-order valence-electron chi connectivity index (χ1n) is 10.9. The second-order valence-electron chi connectivity index (χ2n) is 6.89. The van der Waals surface area contributed by atoms with E-state index >= 15 is 0 Å². The van der Waals surface area contributed by atoms with Gasteiger partial charge in [0, 0.05) is 6.42 Å². The number of esters is 1. The van der Waals surface area contributed by atoms with E-state index in [2.05, 4.69) is 6.92 Å². The molecule has 0 saturated heterocycles. The highest BCUT2D eigenvalue weighted by molar-refractivity contribution is 5.69. The monoisotopic (exact) mass is 406 g/mol. The van der Waals surface area contributed by atoms with Crippen LogP contribution in [-0.4, -0.2) is 75.1 Å². The van der Waals surface area contributed by atoms with Gasteiger partial charge in [-0.25, -0.2) is 0 Å². The van der Waals surface area contributed by atoms with Gasteiger partial charge in [-0.3, -0.25) is 4.79 Å². The van der Waals surface area contributed by atoms with Gasteiger partial charge in [-0.15, -0.1) is 0 Å². The third kappa shape index (κ3) is 20.0. The molecule has 0 saturated carbocycles. The van der Waals surface area contributed by atoms with Crippen LogP contribution in [0.3, 0.4) is 0 Å². The summed E-state index contributed by atoms with van der Waals surface area (Å²) in [6.07, 6.45) is 11.1. The molecule has 0 aromatic heterocycles. The molecule has 7 nitrogen and oxygen atoms in total. The molecular weight excluding hydrogens is 364 g/mol. The second-order valence-corrected chi connectivity index (χ2v) is 6.89. The van der Waals surface area contributed by atoms with Crippen molar-refractivity contribution >= 4 is 5.97 Å². The van der Waals surface area contributed by atoms with Crippen LogP contribution in [0.5, 0.6) is 0 Å². The third-order valence-corrected chi connectivity index (χ3v) is 4.26. The summed E-state index contributed by atoms with van der Waals surface area (Å²) in [5.74, 6) is -0.184. The van der Waals surface area contributed by atoms with E-state index in [0.29, 0.717) is 6.42 Å². The van der Waals surface area contributed by atoms with Crippen molar-refractivity contribution in [1.29, 1.82) is 0 Å². The molecule has 28 heavy (non-hydrogen) atoms. The minimum atomic E-state index is -0.325. The second kappa shape index (κ2) is 22.6. The Kier molecular flexibility index (Phi) is 22.0. The van der Waals surface area contributed by atoms with Gasteiger partial charge < -0.3 is 29.2 Å². The zero-order valence-electron chi connectivity index (χ0n) is 17.7. The Bertz CT molecular complexity index is 316. The lowest BCUT2D eigenvalue weighted by Crippen LogP contribution is -2.28. The summed E-state index contributed by atoms with van der Waals surface area (Å²) in [6, 6.07) is 0. The van der Waals surface area contributed by atoms with E-state index in [9.17, 15) is 4.79 Å². The Morgan fingerprint density at radius 1 is 0.750 bits per heavy atom. The fraction of sp³-hybridized carbons (Fsp3) is 0.952. The highest BCUT2D eigenvalue weighted by Crippen LogP contribution is 2.10. The SMILES string of the molecule is CCCCCCCCCCCC(=O)OCCOC(COCCO)COCCO. The summed E-state index contributed by atoms with van der Waals surface area (Å²) in [7, 11) is 0. The Morgan fingerprint density at radius 3 is 1.82 bits per heavy atom. The van der Waals surface area contributed by atoms with Crippen molar-refractivity contribution in [1.82, 2.24) is 0 Å². The zero-order chi connectivity index (χ0) is 20.7. The molecule has 0 aliphatic heterocycles. The molecule has 0 bridgehead atoms. The van der Waals surface area contributed by atoms with E-state index < -0.39 is 0 Å². The van der Waals surface area contributed by atoms with Gasteiger partial charge in [0.05, 0.1) is 46.2 Å². The van der Waals surface area contributed by atoms with Crippen LogP contribution < -0.4 is 0 Å². The van der Waals surface area contributed by atoms with Crippen LogP contribution in [0.2, 0.25) is 0 Å². The Labute approximate surface area is 170 Å². The topological polar surface area (TPSA) is 94.5 Å². The lowest BCUT2D eigenvalue weighted by molar-refractivity contribution is -0.147. The Morgan fingerprint density at radius 2 is 1.29 bits per heavy atom. The average Bonchev–Trinajstić information content (AvgIpc) is 2.69. The van der Waals surface area contributed by atoms with Crippen molar-refractivity contribution < 1.29 is 34.0 Å². The maximum atomic E-state index is 11.7.